The SMILES string of the molecule is O=C(O)c1ccccc1CN1C(=O)CCC1=O. The van der Waals surface area contributed by atoms with Gasteiger partial charge in [0.05, 0.1) is 12.1 Å². The Balaban J connectivity index is 2.27. The first-order valence-electron chi connectivity index (χ1n) is 5.24. The molecule has 0 atom stereocenters. The van der Waals surface area contributed by atoms with E-state index in [1.165, 1.54) is 6.07 Å². The number of hydrogen-bond donors (Lipinski definition) is 1. The number of carbonyl (C=O) groups excluding carboxylic acids is 2. The molecule has 1 fully saturated rings. The molecule has 0 bridgehead atoms. The summed E-state index contributed by atoms with van der Waals surface area (Å²) in [7, 11) is 0. The maximum absolute atomic E-state index is 11.4. The van der Waals surface area contributed by atoms with Crippen molar-refractivity contribution in [2.45, 2.75) is 19.4 Å². The number of carboxylic acids is 1. The van der Waals surface area contributed by atoms with Gasteiger partial charge in [-0.15, -0.1) is 0 Å². The Hall–Kier alpha value is -2.17. The molecule has 0 saturated carbocycles. The van der Waals surface area contributed by atoms with Crippen LogP contribution >= 0.6 is 0 Å². The van der Waals surface area contributed by atoms with Gasteiger partial charge in [-0.05, 0) is 11.6 Å². The Morgan fingerprint density at radius 3 is 2.35 bits per heavy atom. The molecule has 0 radical (unpaired) electrons. The van der Waals surface area contributed by atoms with E-state index in [4.69, 9.17) is 5.11 Å². The summed E-state index contributed by atoms with van der Waals surface area (Å²) in [4.78, 5) is 34.9. The maximum Gasteiger partial charge on any atom is 0.336 e. The minimum Gasteiger partial charge on any atom is -0.478 e. The molecule has 0 aliphatic carbocycles. The van der Waals surface area contributed by atoms with Gasteiger partial charge < -0.3 is 5.11 Å². The largest absolute Gasteiger partial charge is 0.478 e. The van der Waals surface area contributed by atoms with Crippen molar-refractivity contribution in [2.24, 2.45) is 0 Å². The highest BCUT2D eigenvalue weighted by Gasteiger charge is 2.29. The summed E-state index contributed by atoms with van der Waals surface area (Å²) in [6, 6.07) is 6.37. The van der Waals surface area contributed by atoms with Crippen LogP contribution < -0.4 is 0 Å². The molecule has 0 spiro atoms. The maximum atomic E-state index is 11.4. The monoisotopic (exact) mass is 233 g/mol. The lowest BCUT2D eigenvalue weighted by molar-refractivity contribution is -0.139. The second-order valence-electron chi connectivity index (χ2n) is 3.84. The van der Waals surface area contributed by atoms with Gasteiger partial charge in [0.1, 0.15) is 0 Å². The van der Waals surface area contributed by atoms with Gasteiger partial charge in [0, 0.05) is 12.8 Å². The van der Waals surface area contributed by atoms with Crippen molar-refractivity contribution in [1.29, 1.82) is 0 Å². The molecule has 1 aromatic rings. The summed E-state index contributed by atoms with van der Waals surface area (Å²) in [5.74, 6) is -1.54. The van der Waals surface area contributed by atoms with Crippen LogP contribution in [0.3, 0.4) is 0 Å². The molecule has 1 aromatic carbocycles. The van der Waals surface area contributed by atoms with E-state index in [9.17, 15) is 14.4 Å². The molecule has 5 nitrogen and oxygen atoms in total. The molecule has 17 heavy (non-hydrogen) atoms. The molecule has 0 aromatic heterocycles. The minimum absolute atomic E-state index is 0.0418. The molecule has 88 valence electrons. The van der Waals surface area contributed by atoms with Gasteiger partial charge in [-0.2, -0.15) is 0 Å². The highest BCUT2D eigenvalue weighted by molar-refractivity contribution is 6.02. The van der Waals surface area contributed by atoms with Crippen molar-refractivity contribution in [1.82, 2.24) is 4.90 Å². The summed E-state index contributed by atoms with van der Waals surface area (Å²) in [5.41, 5.74) is 0.601. The fraction of sp³-hybridized carbons (Fsp3) is 0.250. The summed E-state index contributed by atoms with van der Waals surface area (Å²) in [5, 5.41) is 8.98. The van der Waals surface area contributed by atoms with E-state index >= 15 is 0 Å². The quantitative estimate of drug-likeness (QED) is 0.791. The lowest BCUT2D eigenvalue weighted by Crippen LogP contribution is -2.29. The number of carboxylic acid groups (broad SMARTS) is 1. The van der Waals surface area contributed by atoms with Gasteiger partial charge in [0.25, 0.3) is 0 Å². The van der Waals surface area contributed by atoms with Gasteiger partial charge in [0.2, 0.25) is 11.8 Å². The standard InChI is InChI=1S/C12H11NO4/c14-10-5-6-11(15)13(10)7-8-3-1-2-4-9(8)12(16)17/h1-4H,5-7H2,(H,16,17). The second kappa shape index (κ2) is 4.37. The van der Waals surface area contributed by atoms with E-state index in [1.54, 1.807) is 18.2 Å². The summed E-state index contributed by atoms with van der Waals surface area (Å²) >= 11 is 0. The Bertz CT molecular complexity index is 479. The molecule has 0 unspecified atom stereocenters. The Morgan fingerprint density at radius 1 is 1.18 bits per heavy atom. The Kier molecular flexibility index (Phi) is 2.91. The first-order valence-corrected chi connectivity index (χ1v) is 5.24. The highest BCUT2D eigenvalue weighted by Crippen LogP contribution is 2.18. The van der Waals surface area contributed by atoms with E-state index in [-0.39, 0.29) is 36.8 Å². The smallest absolute Gasteiger partial charge is 0.336 e. The number of amides is 2. The molecule has 2 rings (SSSR count). The number of benzene rings is 1. The highest BCUT2D eigenvalue weighted by atomic mass is 16.4. The summed E-state index contributed by atoms with van der Waals surface area (Å²) in [6.45, 7) is 0.0418. The first-order chi connectivity index (χ1) is 8.09. The molecule has 2 amide bonds. The van der Waals surface area contributed by atoms with Crippen molar-refractivity contribution in [2.75, 3.05) is 0 Å². The molecule has 1 aliphatic rings. The van der Waals surface area contributed by atoms with Crippen molar-refractivity contribution >= 4 is 17.8 Å². The number of hydrogen-bond acceptors (Lipinski definition) is 3. The van der Waals surface area contributed by atoms with Crippen molar-refractivity contribution in [3.63, 3.8) is 0 Å². The lowest BCUT2D eigenvalue weighted by atomic mass is 10.1. The van der Waals surface area contributed by atoms with Crippen molar-refractivity contribution < 1.29 is 19.5 Å². The molecular formula is C12H11NO4. The fourth-order valence-corrected chi connectivity index (χ4v) is 1.84. The zero-order valence-electron chi connectivity index (χ0n) is 9.05. The minimum atomic E-state index is -1.06. The number of rotatable bonds is 3. The number of nitrogens with zero attached hydrogens (tertiary/aromatic N) is 1. The molecular weight excluding hydrogens is 222 g/mol. The van der Waals surface area contributed by atoms with Gasteiger partial charge in [0.15, 0.2) is 0 Å². The van der Waals surface area contributed by atoms with E-state index in [2.05, 4.69) is 0 Å². The second-order valence-corrected chi connectivity index (χ2v) is 3.84. The van der Waals surface area contributed by atoms with E-state index in [1.807, 2.05) is 0 Å². The summed E-state index contributed by atoms with van der Waals surface area (Å²) in [6.07, 6.45) is 0.433. The third-order valence-electron chi connectivity index (χ3n) is 2.73. The van der Waals surface area contributed by atoms with Gasteiger partial charge in [-0.3, -0.25) is 14.5 Å². The zero-order valence-corrected chi connectivity index (χ0v) is 9.05. The van der Waals surface area contributed by atoms with Gasteiger partial charge >= 0.3 is 5.97 Å². The zero-order chi connectivity index (χ0) is 12.4. The molecule has 1 saturated heterocycles. The topological polar surface area (TPSA) is 74.7 Å². The number of aromatic carboxylic acids is 1. The van der Waals surface area contributed by atoms with Crippen molar-refractivity contribution in [3.8, 4) is 0 Å². The van der Waals surface area contributed by atoms with Crippen LogP contribution in [0, 0.1) is 0 Å². The molecule has 1 N–H and O–H groups in total. The van der Waals surface area contributed by atoms with Crippen LogP contribution in [0.25, 0.3) is 0 Å². The number of imide groups is 1. The van der Waals surface area contributed by atoms with E-state index < -0.39 is 5.97 Å². The predicted octanol–water partition coefficient (Wildman–Crippen LogP) is 1.03. The Labute approximate surface area is 97.7 Å². The van der Waals surface area contributed by atoms with Crippen LogP contribution in [0.4, 0.5) is 0 Å². The summed E-state index contributed by atoms with van der Waals surface area (Å²) < 4.78 is 0. The van der Waals surface area contributed by atoms with Gasteiger partial charge in [-0.1, -0.05) is 18.2 Å². The average molecular weight is 233 g/mol. The lowest BCUT2D eigenvalue weighted by Gasteiger charge is -2.15. The first kappa shape index (κ1) is 11.3. The van der Waals surface area contributed by atoms with E-state index in [0.29, 0.717) is 5.56 Å². The third kappa shape index (κ3) is 2.18. The van der Waals surface area contributed by atoms with Crippen LogP contribution in [-0.2, 0) is 16.1 Å². The van der Waals surface area contributed by atoms with Crippen LogP contribution in [0.1, 0.15) is 28.8 Å². The molecule has 5 heteroatoms. The molecule has 1 aliphatic heterocycles. The Morgan fingerprint density at radius 2 is 1.76 bits per heavy atom. The van der Waals surface area contributed by atoms with Crippen LogP contribution in [0.5, 0.6) is 0 Å². The van der Waals surface area contributed by atoms with E-state index in [0.717, 1.165) is 4.90 Å². The third-order valence-corrected chi connectivity index (χ3v) is 2.73. The fourth-order valence-electron chi connectivity index (χ4n) is 1.84. The normalized spacial score (nSPS) is 15.4. The van der Waals surface area contributed by atoms with Gasteiger partial charge in [-0.25, -0.2) is 4.79 Å². The predicted molar refractivity (Wildman–Crippen MR) is 58.2 cm³/mol. The number of carbonyl (C=O) groups is 3. The number of likely N-dealkylation sites (tertiary alicyclic amines) is 1. The van der Waals surface area contributed by atoms with Crippen LogP contribution in [0.2, 0.25) is 0 Å². The van der Waals surface area contributed by atoms with Crippen LogP contribution in [0.15, 0.2) is 24.3 Å². The average Bonchev–Trinajstić information content (AvgIpc) is 2.61. The van der Waals surface area contributed by atoms with Crippen LogP contribution in [-0.4, -0.2) is 27.8 Å². The molecule has 1 heterocycles. The van der Waals surface area contributed by atoms with Crippen molar-refractivity contribution in [3.05, 3.63) is 35.4 Å².